The van der Waals surface area contributed by atoms with Crippen molar-refractivity contribution in [3.05, 3.63) is 59.5 Å². The number of aromatic nitrogens is 4. The molecule has 4 heterocycles. The number of morpholine rings is 1. The highest BCUT2D eigenvalue weighted by Gasteiger charge is 2.30. The molecule has 0 bridgehead atoms. The molecule has 7 nitrogen and oxygen atoms in total. The molecule has 0 N–H and O–H groups in total. The Kier molecular flexibility index (Phi) is 5.19. The fraction of sp³-hybridized carbons (Fsp3) is 0.440. The van der Waals surface area contributed by atoms with Crippen LogP contribution < -0.4 is 9.80 Å². The van der Waals surface area contributed by atoms with Crippen molar-refractivity contribution in [1.29, 1.82) is 0 Å². The zero-order valence-electron chi connectivity index (χ0n) is 18.3. The van der Waals surface area contributed by atoms with Crippen LogP contribution in [0.5, 0.6) is 0 Å². The fourth-order valence-corrected chi connectivity index (χ4v) is 5.16. The van der Waals surface area contributed by atoms with Crippen LogP contribution in [0.4, 0.5) is 11.8 Å². The molecule has 7 heteroatoms. The van der Waals surface area contributed by atoms with Gasteiger partial charge in [-0.15, -0.1) is 0 Å². The van der Waals surface area contributed by atoms with Gasteiger partial charge >= 0.3 is 0 Å². The minimum absolute atomic E-state index is 0.701. The number of fused-ring (bicyclic) bond motifs is 1. The minimum Gasteiger partial charge on any atom is -0.378 e. The van der Waals surface area contributed by atoms with Crippen LogP contribution in [0.15, 0.2) is 42.7 Å². The number of ether oxygens (including phenoxy) is 1. The zero-order valence-corrected chi connectivity index (χ0v) is 18.3. The van der Waals surface area contributed by atoms with E-state index in [0.717, 1.165) is 61.7 Å². The van der Waals surface area contributed by atoms with Crippen LogP contribution in [-0.2, 0) is 17.8 Å². The molecule has 0 radical (unpaired) electrons. The van der Waals surface area contributed by atoms with E-state index >= 15 is 0 Å². The lowest BCUT2D eigenvalue weighted by atomic mass is 9.96. The first-order valence-electron chi connectivity index (χ1n) is 11.7. The molecular formula is C25H28N6O. The Hall–Kier alpha value is -3.06. The first kappa shape index (κ1) is 19.6. The maximum Gasteiger partial charge on any atom is 0.225 e. The van der Waals surface area contributed by atoms with Crippen molar-refractivity contribution < 1.29 is 4.74 Å². The number of nitrogens with zero attached hydrogens (tertiary/aromatic N) is 6. The first-order chi connectivity index (χ1) is 15.8. The molecule has 0 amide bonds. The summed E-state index contributed by atoms with van der Waals surface area (Å²) in [5.41, 5.74) is 4.79. The zero-order chi connectivity index (χ0) is 21.3. The van der Waals surface area contributed by atoms with Crippen LogP contribution in [0.3, 0.4) is 0 Å². The summed E-state index contributed by atoms with van der Waals surface area (Å²) in [4.78, 5) is 23.5. The second kappa shape index (κ2) is 8.47. The highest BCUT2D eigenvalue weighted by molar-refractivity contribution is 5.63. The third kappa shape index (κ3) is 3.71. The smallest absolute Gasteiger partial charge is 0.225 e. The average Bonchev–Trinajstić information content (AvgIpc) is 3.55. The van der Waals surface area contributed by atoms with Gasteiger partial charge in [-0.1, -0.05) is 37.1 Å². The van der Waals surface area contributed by atoms with E-state index < -0.39 is 0 Å². The van der Waals surface area contributed by atoms with Crippen LogP contribution in [-0.4, -0.2) is 46.2 Å². The Morgan fingerprint density at radius 3 is 2.34 bits per heavy atom. The van der Waals surface area contributed by atoms with E-state index in [1.165, 1.54) is 36.8 Å². The van der Waals surface area contributed by atoms with Gasteiger partial charge in [0.1, 0.15) is 5.82 Å². The maximum atomic E-state index is 5.59. The standard InChI is InChI=1S/C25H28N6O/c1-2-5-18(4-1)19-6-8-20(9-7-19)23-28-22-17-31(25-26-10-3-11-27-25)16-21(22)24(29-23)30-12-14-32-15-13-30/h3,6-11,18H,1-2,4-5,12-17H2. The first-order valence-corrected chi connectivity index (χ1v) is 11.7. The molecule has 2 aromatic heterocycles. The molecule has 0 unspecified atom stereocenters. The lowest BCUT2D eigenvalue weighted by molar-refractivity contribution is 0.122. The van der Waals surface area contributed by atoms with Gasteiger partial charge in [-0.2, -0.15) is 0 Å². The van der Waals surface area contributed by atoms with Crippen LogP contribution in [0.1, 0.15) is 48.4 Å². The van der Waals surface area contributed by atoms with E-state index in [1.807, 2.05) is 6.07 Å². The Morgan fingerprint density at radius 1 is 0.844 bits per heavy atom. The lowest BCUT2D eigenvalue weighted by Gasteiger charge is -2.29. The van der Waals surface area contributed by atoms with Gasteiger partial charge in [0.25, 0.3) is 0 Å². The molecule has 1 aromatic carbocycles. The Balaban J connectivity index is 1.35. The van der Waals surface area contributed by atoms with Gasteiger partial charge in [0.15, 0.2) is 5.82 Å². The third-order valence-electron chi connectivity index (χ3n) is 6.90. The van der Waals surface area contributed by atoms with Gasteiger partial charge in [-0.3, -0.25) is 0 Å². The van der Waals surface area contributed by atoms with E-state index in [9.17, 15) is 0 Å². The van der Waals surface area contributed by atoms with Gasteiger partial charge < -0.3 is 14.5 Å². The van der Waals surface area contributed by atoms with Crippen LogP contribution in [0, 0.1) is 0 Å². The Labute approximate surface area is 188 Å². The Bertz CT molecular complexity index is 1080. The predicted octanol–water partition coefficient (Wildman–Crippen LogP) is 3.95. The summed E-state index contributed by atoms with van der Waals surface area (Å²) in [5.74, 6) is 3.29. The molecular weight excluding hydrogens is 400 g/mol. The summed E-state index contributed by atoms with van der Waals surface area (Å²) in [6, 6.07) is 10.8. The molecule has 1 saturated carbocycles. The van der Waals surface area contributed by atoms with Crippen LogP contribution >= 0.6 is 0 Å². The molecule has 3 aliphatic rings. The third-order valence-corrected chi connectivity index (χ3v) is 6.90. The highest BCUT2D eigenvalue weighted by Crippen LogP contribution is 2.36. The topological polar surface area (TPSA) is 67.3 Å². The van der Waals surface area contributed by atoms with Crippen molar-refractivity contribution in [2.45, 2.75) is 44.7 Å². The van der Waals surface area contributed by atoms with Crippen molar-refractivity contribution in [2.75, 3.05) is 36.1 Å². The van der Waals surface area contributed by atoms with Gasteiger partial charge in [-0.25, -0.2) is 19.9 Å². The summed E-state index contributed by atoms with van der Waals surface area (Å²) in [6.45, 7) is 4.60. The molecule has 3 aromatic rings. The number of rotatable bonds is 4. The van der Waals surface area contributed by atoms with Gasteiger partial charge in [0.2, 0.25) is 5.95 Å². The second-order valence-electron chi connectivity index (χ2n) is 8.90. The van der Waals surface area contributed by atoms with Crippen LogP contribution in [0.2, 0.25) is 0 Å². The van der Waals surface area contributed by atoms with Crippen molar-refractivity contribution in [3.8, 4) is 11.4 Å². The molecule has 164 valence electrons. The number of hydrogen-bond acceptors (Lipinski definition) is 7. The Morgan fingerprint density at radius 2 is 1.59 bits per heavy atom. The van der Waals surface area contributed by atoms with Crippen molar-refractivity contribution in [2.24, 2.45) is 0 Å². The van der Waals surface area contributed by atoms with E-state index in [-0.39, 0.29) is 0 Å². The van der Waals surface area contributed by atoms with Gasteiger partial charge in [0, 0.05) is 36.6 Å². The molecule has 0 spiro atoms. The number of anilines is 2. The minimum atomic E-state index is 0.701. The summed E-state index contributed by atoms with van der Waals surface area (Å²) in [5, 5.41) is 0. The fourth-order valence-electron chi connectivity index (χ4n) is 5.16. The molecule has 2 fully saturated rings. The molecule has 2 aliphatic heterocycles. The van der Waals surface area contributed by atoms with Crippen molar-refractivity contribution in [1.82, 2.24) is 19.9 Å². The molecule has 6 rings (SSSR count). The van der Waals surface area contributed by atoms with E-state index in [0.29, 0.717) is 12.5 Å². The summed E-state index contributed by atoms with van der Waals surface area (Å²) < 4.78 is 5.59. The normalized spacial score (nSPS) is 18.9. The molecule has 0 atom stereocenters. The number of benzene rings is 1. The van der Waals surface area contributed by atoms with E-state index in [4.69, 9.17) is 14.7 Å². The van der Waals surface area contributed by atoms with E-state index in [2.05, 4.69) is 44.0 Å². The SMILES string of the molecule is c1cnc(N2Cc3nc(-c4ccc(C5CCCC5)cc4)nc(N4CCOCC4)c3C2)nc1. The highest BCUT2D eigenvalue weighted by atomic mass is 16.5. The van der Waals surface area contributed by atoms with Gasteiger partial charge in [0.05, 0.1) is 32.0 Å². The summed E-state index contributed by atoms with van der Waals surface area (Å²) >= 11 is 0. The second-order valence-corrected chi connectivity index (χ2v) is 8.90. The summed E-state index contributed by atoms with van der Waals surface area (Å²) in [7, 11) is 0. The van der Waals surface area contributed by atoms with E-state index in [1.54, 1.807) is 12.4 Å². The summed E-state index contributed by atoms with van der Waals surface area (Å²) in [6.07, 6.45) is 8.91. The lowest BCUT2D eigenvalue weighted by Crippen LogP contribution is -2.37. The van der Waals surface area contributed by atoms with Crippen molar-refractivity contribution >= 4 is 11.8 Å². The van der Waals surface area contributed by atoms with Gasteiger partial charge in [-0.05, 0) is 30.4 Å². The molecule has 32 heavy (non-hydrogen) atoms. The monoisotopic (exact) mass is 428 g/mol. The maximum absolute atomic E-state index is 5.59. The van der Waals surface area contributed by atoms with Crippen LogP contribution in [0.25, 0.3) is 11.4 Å². The average molecular weight is 429 g/mol. The molecule has 1 saturated heterocycles. The largest absolute Gasteiger partial charge is 0.378 e. The molecule has 1 aliphatic carbocycles. The quantitative estimate of drug-likeness (QED) is 0.623. The predicted molar refractivity (Wildman–Crippen MR) is 124 cm³/mol. The van der Waals surface area contributed by atoms with Crippen molar-refractivity contribution in [3.63, 3.8) is 0 Å². The number of hydrogen-bond donors (Lipinski definition) is 0.